The molecule has 0 saturated heterocycles. The van der Waals surface area contributed by atoms with E-state index in [-0.39, 0.29) is 10.6 Å². The summed E-state index contributed by atoms with van der Waals surface area (Å²) in [6.07, 6.45) is 0. The third-order valence-corrected chi connectivity index (χ3v) is 2.64. The summed E-state index contributed by atoms with van der Waals surface area (Å²) in [5, 5.41) is 10.7. The van der Waals surface area contributed by atoms with Crippen molar-refractivity contribution in [2.45, 2.75) is 19.0 Å². The number of hydrogen-bond acceptors (Lipinski definition) is 6. The van der Waals surface area contributed by atoms with Crippen LogP contribution in [0.4, 0.5) is 0 Å². The first-order chi connectivity index (χ1) is 8.79. The molecule has 0 fully saturated rings. The molecule has 2 heterocycles. The second-order valence-corrected chi connectivity index (χ2v) is 5.74. The van der Waals surface area contributed by atoms with Gasteiger partial charge < -0.3 is 5.48 Å². The van der Waals surface area contributed by atoms with Crippen LogP contribution in [0.25, 0.3) is 0 Å². The van der Waals surface area contributed by atoms with Gasteiger partial charge in [-0.2, -0.15) is 0 Å². The molecule has 0 saturated carbocycles. The van der Waals surface area contributed by atoms with Gasteiger partial charge in [0.05, 0.1) is 0 Å². The fourth-order valence-electron chi connectivity index (χ4n) is 0.783. The zero-order chi connectivity index (χ0) is 15.1. The number of nitrogens with one attached hydrogen (secondary N) is 3. The number of H-pyrrole nitrogens is 3. The van der Waals surface area contributed by atoms with Gasteiger partial charge in [-0.25, -0.2) is 18.4 Å². The molecule has 0 radical (unpaired) electrons. The molecule has 0 spiro atoms. The number of aryl methyl sites for hydroxylation is 2. The summed E-state index contributed by atoms with van der Waals surface area (Å²) in [6, 6.07) is 0. The number of nitrogens with zero attached hydrogens (tertiary/aromatic N) is 3. The van der Waals surface area contributed by atoms with Crippen molar-refractivity contribution in [1.29, 1.82) is 0 Å². The highest BCUT2D eigenvalue weighted by molar-refractivity contribution is 8.13. The maximum Gasteiger partial charge on any atom is 0.298 e. The summed E-state index contributed by atoms with van der Waals surface area (Å²) in [6.45, 7) is 3.42. The van der Waals surface area contributed by atoms with Crippen molar-refractivity contribution in [2.75, 3.05) is 0 Å². The van der Waals surface area contributed by atoms with E-state index in [0.717, 1.165) is 5.82 Å². The van der Waals surface area contributed by atoms with Crippen molar-refractivity contribution in [3.8, 4) is 0 Å². The minimum atomic E-state index is -3.76. The molecule has 2 aromatic rings. The smallest absolute Gasteiger partial charge is 0.298 e. The summed E-state index contributed by atoms with van der Waals surface area (Å²) in [4.78, 5) is 7.31. The van der Waals surface area contributed by atoms with Gasteiger partial charge in [0.2, 0.25) is 4.77 Å². The van der Waals surface area contributed by atoms with Crippen LogP contribution in [0.2, 0.25) is 0 Å². The Morgan fingerprint density at radius 2 is 1.65 bits per heavy atom. The second-order valence-electron chi connectivity index (χ2n) is 2.89. The van der Waals surface area contributed by atoms with Gasteiger partial charge in [0.25, 0.3) is 14.2 Å². The van der Waals surface area contributed by atoms with E-state index in [1.165, 1.54) is 0 Å². The largest absolute Gasteiger partial charge is 0.412 e. The molecule has 5 N–H and O–H groups in total. The lowest BCUT2D eigenvalue weighted by atomic mass is 10.8. The fraction of sp³-hybridized carbons (Fsp3) is 0.333. The number of rotatable bonds is 1. The van der Waals surface area contributed by atoms with Crippen LogP contribution in [0.1, 0.15) is 11.6 Å². The van der Waals surface area contributed by atoms with E-state index in [1.54, 1.807) is 6.92 Å². The molecule has 0 amide bonds. The Hall–Kier alpha value is -0.720. The Labute approximate surface area is 133 Å². The van der Waals surface area contributed by atoms with Gasteiger partial charge in [-0.05, 0) is 26.1 Å². The number of halogens is 3. The van der Waals surface area contributed by atoms with E-state index in [2.05, 4.69) is 64.3 Å². The minimum Gasteiger partial charge on any atom is -0.412 e. The van der Waals surface area contributed by atoms with Crippen molar-refractivity contribution in [3.63, 3.8) is 0 Å². The first-order valence-electron chi connectivity index (χ1n) is 4.38. The number of hydrogen-bond donors (Lipinski definition) is 3. The molecular formula is C6H11Cl3N6O3S2. The van der Waals surface area contributed by atoms with Crippen molar-refractivity contribution >= 4 is 53.7 Å². The maximum atomic E-state index is 10.5. The molecule has 116 valence electrons. The van der Waals surface area contributed by atoms with Gasteiger partial charge in [0, 0.05) is 32.4 Å². The Bertz CT molecular complexity index is 651. The molecule has 0 aromatic carbocycles. The predicted octanol–water partition coefficient (Wildman–Crippen LogP) is 1.37. The molecule has 0 aliphatic heterocycles. The average Bonchev–Trinajstić information content (AvgIpc) is 2.91. The van der Waals surface area contributed by atoms with Crippen molar-refractivity contribution < 1.29 is 13.9 Å². The molecule has 2 rings (SSSR count). The van der Waals surface area contributed by atoms with Crippen LogP contribution in [-0.2, 0) is 9.05 Å². The van der Waals surface area contributed by atoms with Gasteiger partial charge in [-0.3, -0.25) is 15.3 Å². The van der Waals surface area contributed by atoms with E-state index in [4.69, 9.17) is 10.7 Å². The molecule has 2 aromatic heterocycles. The second kappa shape index (κ2) is 10.1. The maximum absolute atomic E-state index is 10.5. The zero-order valence-corrected chi connectivity index (χ0v) is 14.0. The van der Waals surface area contributed by atoms with Crippen LogP contribution in [0, 0.1) is 18.6 Å². The summed E-state index contributed by atoms with van der Waals surface area (Å²) < 4.78 is 21.4. The first-order valence-corrected chi connectivity index (χ1v) is 8.24. The Balaban J connectivity index is 0. The van der Waals surface area contributed by atoms with Gasteiger partial charge in [0.15, 0.2) is 0 Å². The molecule has 0 atom stereocenters. The SMILES string of the molecule is Cc1nc(=S)[nH][nH]1.Cc1nc(S(=O)(=O)Cl)n[nH]1.ClCl.O. The topological polar surface area (TPSA) is 152 Å². The van der Waals surface area contributed by atoms with Crippen LogP contribution >= 0.6 is 44.6 Å². The molecule has 0 aliphatic carbocycles. The molecule has 9 nitrogen and oxygen atoms in total. The summed E-state index contributed by atoms with van der Waals surface area (Å²) in [5.74, 6) is 1.24. The van der Waals surface area contributed by atoms with Crippen LogP contribution in [0.5, 0.6) is 0 Å². The summed E-state index contributed by atoms with van der Waals surface area (Å²) >= 11 is 4.63. The Morgan fingerprint density at radius 1 is 1.10 bits per heavy atom. The van der Waals surface area contributed by atoms with Crippen molar-refractivity contribution in [2.24, 2.45) is 0 Å². The normalized spacial score (nSPS) is 9.45. The highest BCUT2D eigenvalue weighted by atomic mass is 36.5. The highest BCUT2D eigenvalue weighted by Crippen LogP contribution is 2.07. The predicted molar refractivity (Wildman–Crippen MR) is 78.0 cm³/mol. The quantitative estimate of drug-likeness (QED) is 0.498. The van der Waals surface area contributed by atoms with Gasteiger partial charge in [-0.15, -0.1) is 5.10 Å². The van der Waals surface area contributed by atoms with E-state index in [1.807, 2.05) is 6.92 Å². The van der Waals surface area contributed by atoms with E-state index < -0.39 is 9.05 Å². The Morgan fingerprint density at radius 3 is 1.80 bits per heavy atom. The van der Waals surface area contributed by atoms with Gasteiger partial charge in [0.1, 0.15) is 11.6 Å². The molecule has 0 aliphatic rings. The van der Waals surface area contributed by atoms with Gasteiger partial charge >= 0.3 is 0 Å². The first kappa shape index (κ1) is 21.6. The molecule has 20 heavy (non-hydrogen) atoms. The average molecular weight is 386 g/mol. The monoisotopic (exact) mass is 384 g/mol. The summed E-state index contributed by atoms with van der Waals surface area (Å²) in [7, 11) is 9.36. The lowest BCUT2D eigenvalue weighted by Crippen LogP contribution is -1.92. The van der Waals surface area contributed by atoms with Gasteiger partial charge in [-0.1, -0.05) is 0 Å². The lowest BCUT2D eigenvalue weighted by molar-refractivity contribution is 0.602. The zero-order valence-electron chi connectivity index (χ0n) is 10.1. The van der Waals surface area contributed by atoms with Crippen molar-refractivity contribution in [1.82, 2.24) is 30.4 Å². The van der Waals surface area contributed by atoms with Crippen LogP contribution in [0.3, 0.4) is 0 Å². The van der Waals surface area contributed by atoms with Crippen LogP contribution in [-0.4, -0.2) is 44.3 Å². The molecule has 0 unspecified atom stereocenters. The molecular weight excluding hydrogens is 375 g/mol. The van der Waals surface area contributed by atoms with Crippen LogP contribution < -0.4 is 0 Å². The Kier molecular flexibility index (Phi) is 10.9. The standard InChI is InChI=1S/C3H4ClN3O2S.C3H5N3S.Cl2.H2O/c1-2-5-3(7-6-2)10(4,8)9;1-2-4-3(7)6-5-2;1-2;/h1H3,(H,5,6,7);1H3,(H2,4,5,6,7);;1H2. The van der Waals surface area contributed by atoms with E-state index in [0.29, 0.717) is 10.6 Å². The number of aromatic nitrogens is 6. The van der Waals surface area contributed by atoms with E-state index >= 15 is 0 Å². The minimum absolute atomic E-state index is 0. The van der Waals surface area contributed by atoms with Crippen LogP contribution in [0.15, 0.2) is 5.16 Å². The number of aromatic amines is 3. The molecule has 14 heteroatoms. The third-order valence-electron chi connectivity index (χ3n) is 1.41. The lowest BCUT2D eigenvalue weighted by Gasteiger charge is -1.80. The van der Waals surface area contributed by atoms with E-state index in [9.17, 15) is 8.42 Å². The summed E-state index contributed by atoms with van der Waals surface area (Å²) in [5.41, 5.74) is 0. The third kappa shape index (κ3) is 8.45. The van der Waals surface area contributed by atoms with Crippen molar-refractivity contribution in [3.05, 3.63) is 16.4 Å². The molecule has 0 bridgehead atoms. The highest BCUT2D eigenvalue weighted by Gasteiger charge is 2.14. The fourth-order valence-corrected chi connectivity index (χ4v) is 1.58.